The molecule has 338 valence electrons. The van der Waals surface area contributed by atoms with E-state index in [1.807, 2.05) is 18.3 Å². The van der Waals surface area contributed by atoms with Gasteiger partial charge in [-0.15, -0.1) is 0 Å². The van der Waals surface area contributed by atoms with Crippen LogP contribution in [0.3, 0.4) is 0 Å². The van der Waals surface area contributed by atoms with Crippen LogP contribution in [0.1, 0.15) is 111 Å². The third-order valence-corrected chi connectivity index (χ3v) is 13.4. The third kappa shape index (κ3) is 8.83. The lowest BCUT2D eigenvalue weighted by Crippen LogP contribution is -2.17. The number of phenols is 1. The quantitative estimate of drug-likeness (QED) is 0.181. The molecule has 9 rings (SSSR count). The van der Waals surface area contributed by atoms with Gasteiger partial charge in [0, 0.05) is 23.0 Å². The van der Waals surface area contributed by atoms with Gasteiger partial charge in [0.05, 0.1) is 22.3 Å². The molecule has 1 N–H and O–H groups in total. The zero-order valence-electron chi connectivity index (χ0n) is 41.7. The molecule has 0 fully saturated rings. The molecule has 2 heterocycles. The van der Waals surface area contributed by atoms with E-state index in [-0.39, 0.29) is 27.4 Å². The van der Waals surface area contributed by atoms with Crippen molar-refractivity contribution in [2.45, 2.75) is 112 Å². The number of aryl methyl sites for hydroxylation is 1. The van der Waals surface area contributed by atoms with Crippen LogP contribution >= 0.6 is 0 Å². The van der Waals surface area contributed by atoms with Gasteiger partial charge in [0.25, 0.3) is 0 Å². The summed E-state index contributed by atoms with van der Waals surface area (Å²) < 4.78 is 2.29. The molecule has 0 saturated carbocycles. The van der Waals surface area contributed by atoms with Crippen molar-refractivity contribution in [3.8, 4) is 67.5 Å². The van der Waals surface area contributed by atoms with Gasteiger partial charge >= 0.3 is 0 Å². The van der Waals surface area contributed by atoms with Crippen LogP contribution in [0.25, 0.3) is 83.5 Å². The predicted octanol–water partition coefficient (Wildman–Crippen LogP) is 17.1. The Bertz CT molecular complexity index is 3310. The van der Waals surface area contributed by atoms with Crippen LogP contribution < -0.4 is 0 Å². The largest absolute Gasteiger partial charge is 0.507 e. The fraction of sp³-hybridized carbons (Fsp3) is 0.270. The van der Waals surface area contributed by atoms with Crippen LogP contribution in [-0.4, -0.2) is 19.6 Å². The summed E-state index contributed by atoms with van der Waals surface area (Å²) in [6, 6.07) is 52.6. The van der Waals surface area contributed by atoms with E-state index in [9.17, 15) is 5.11 Å². The van der Waals surface area contributed by atoms with E-state index in [0.717, 1.165) is 66.9 Å². The van der Waals surface area contributed by atoms with E-state index >= 15 is 0 Å². The Kier molecular flexibility index (Phi) is 11.2. The number of fused-ring (bicyclic) bond motifs is 2. The van der Waals surface area contributed by atoms with Gasteiger partial charge in [0.1, 0.15) is 11.6 Å². The van der Waals surface area contributed by atoms with Crippen molar-refractivity contribution in [2.75, 3.05) is 0 Å². The van der Waals surface area contributed by atoms with Crippen molar-refractivity contribution in [1.82, 2.24) is 14.5 Å². The predicted molar refractivity (Wildman–Crippen MR) is 285 cm³/mol. The van der Waals surface area contributed by atoms with E-state index in [4.69, 9.17) is 9.97 Å². The van der Waals surface area contributed by atoms with Crippen LogP contribution in [0.2, 0.25) is 0 Å². The zero-order valence-corrected chi connectivity index (χ0v) is 41.7. The molecule has 0 aliphatic carbocycles. The Hall–Kier alpha value is -6.78. The first-order valence-corrected chi connectivity index (χ1v) is 23.8. The Labute approximate surface area is 398 Å². The molecule has 0 aliphatic rings. The maximum atomic E-state index is 12.6. The third-order valence-electron chi connectivity index (χ3n) is 13.4. The molecule has 2 aromatic heterocycles. The van der Waals surface area contributed by atoms with Crippen molar-refractivity contribution in [1.29, 1.82) is 0 Å². The minimum absolute atomic E-state index is 0.0191. The average Bonchev–Trinajstić information content (AvgIpc) is 3.66. The number of imidazole rings is 1. The number of nitrogens with zero attached hydrogens (tertiary/aromatic N) is 3. The second kappa shape index (κ2) is 16.5. The SMILES string of the molecule is Cc1ccnc(-c2cccc(-c3cc(-c4ccccc4)cc4c3nc(-c3ccc(-c5c(C(C)(C)C)ccc6cc(C(C)(C)C)ccc56)cc3O)n4-c3cc(C(C)(C)C)cc(C(C)(C)C)c3)c2)c1. The zero-order chi connectivity index (χ0) is 47.8. The number of aromatic hydroxyl groups is 1. The fourth-order valence-electron chi connectivity index (χ4n) is 9.39. The molecule has 4 heteroatoms. The number of hydrogen-bond donors (Lipinski definition) is 1. The van der Waals surface area contributed by atoms with E-state index < -0.39 is 0 Å². The van der Waals surface area contributed by atoms with E-state index in [1.54, 1.807) is 0 Å². The van der Waals surface area contributed by atoms with Crippen LogP contribution in [-0.2, 0) is 21.7 Å². The van der Waals surface area contributed by atoms with E-state index in [1.165, 1.54) is 33.0 Å². The normalized spacial score (nSPS) is 12.6. The first-order chi connectivity index (χ1) is 31.5. The molecule has 9 aromatic rings. The summed E-state index contributed by atoms with van der Waals surface area (Å²) in [5.74, 6) is 0.856. The van der Waals surface area contributed by atoms with Crippen LogP contribution in [0, 0.1) is 6.92 Å². The van der Waals surface area contributed by atoms with Gasteiger partial charge in [-0.3, -0.25) is 9.55 Å². The Morgan fingerprint density at radius 2 is 1.15 bits per heavy atom. The maximum Gasteiger partial charge on any atom is 0.149 e. The number of benzene rings is 7. The number of aromatic nitrogens is 3. The fourth-order valence-corrected chi connectivity index (χ4v) is 9.39. The lowest BCUT2D eigenvalue weighted by atomic mass is 9.78. The van der Waals surface area contributed by atoms with Gasteiger partial charge in [-0.05, 0) is 150 Å². The summed E-state index contributed by atoms with van der Waals surface area (Å²) in [6.45, 7) is 29.4. The summed E-state index contributed by atoms with van der Waals surface area (Å²) in [7, 11) is 0. The van der Waals surface area contributed by atoms with Crippen molar-refractivity contribution in [3.63, 3.8) is 0 Å². The molecule has 0 bridgehead atoms. The average molecular weight is 880 g/mol. The highest BCUT2D eigenvalue weighted by atomic mass is 16.3. The summed E-state index contributed by atoms with van der Waals surface area (Å²) in [4.78, 5) is 10.4. The second-order valence-corrected chi connectivity index (χ2v) is 22.8. The van der Waals surface area contributed by atoms with Crippen molar-refractivity contribution < 1.29 is 5.11 Å². The summed E-state index contributed by atoms with van der Waals surface area (Å²) in [6.07, 6.45) is 1.88. The highest BCUT2D eigenvalue weighted by Gasteiger charge is 2.28. The molecular formula is C63H65N3O. The van der Waals surface area contributed by atoms with Crippen molar-refractivity contribution in [3.05, 3.63) is 180 Å². The Balaban J connectivity index is 1.36. The maximum absolute atomic E-state index is 12.6. The minimum Gasteiger partial charge on any atom is -0.507 e. The lowest BCUT2D eigenvalue weighted by Gasteiger charge is -2.27. The topological polar surface area (TPSA) is 50.9 Å². The van der Waals surface area contributed by atoms with Crippen LogP contribution in [0.5, 0.6) is 5.75 Å². The molecular weight excluding hydrogens is 815 g/mol. The molecule has 4 nitrogen and oxygen atoms in total. The molecule has 0 unspecified atom stereocenters. The highest BCUT2D eigenvalue weighted by Crippen LogP contribution is 2.45. The van der Waals surface area contributed by atoms with Gasteiger partial charge in [0.2, 0.25) is 0 Å². The van der Waals surface area contributed by atoms with Crippen LogP contribution in [0.15, 0.2) is 152 Å². The van der Waals surface area contributed by atoms with Crippen LogP contribution in [0.4, 0.5) is 0 Å². The first-order valence-electron chi connectivity index (χ1n) is 23.8. The molecule has 0 amide bonds. The van der Waals surface area contributed by atoms with Crippen molar-refractivity contribution >= 4 is 21.8 Å². The monoisotopic (exact) mass is 880 g/mol. The van der Waals surface area contributed by atoms with Gasteiger partial charge in [-0.2, -0.15) is 0 Å². The second-order valence-electron chi connectivity index (χ2n) is 22.8. The Morgan fingerprint density at radius 1 is 0.478 bits per heavy atom. The lowest BCUT2D eigenvalue weighted by molar-refractivity contribution is 0.477. The van der Waals surface area contributed by atoms with Gasteiger partial charge in [-0.1, -0.05) is 174 Å². The molecule has 0 spiro atoms. The standard InChI is InChI=1S/C63H65N3O/c1-39-28-29-64-54(30-39)43-21-17-20-41(31-43)52-33-45(40-18-15-14-16-19-40)34-55-58(52)65-59(66(55)49-37-47(61(5,6)7)36-48(38-49)62(8,9)10)51-25-22-44(35-56(51)67)57-50-26-24-46(60(2,3)4)32-42(50)23-27-53(57)63(11,12)13/h14-38,67H,1-13H3. The van der Waals surface area contributed by atoms with Crippen molar-refractivity contribution in [2.24, 2.45) is 0 Å². The minimum atomic E-state index is -0.142. The number of pyridine rings is 1. The molecule has 0 saturated heterocycles. The number of rotatable bonds is 6. The summed E-state index contributed by atoms with van der Waals surface area (Å²) in [5, 5.41) is 15.0. The van der Waals surface area contributed by atoms with E-state index in [0.29, 0.717) is 11.4 Å². The van der Waals surface area contributed by atoms with Gasteiger partial charge in [0.15, 0.2) is 0 Å². The molecule has 67 heavy (non-hydrogen) atoms. The van der Waals surface area contributed by atoms with E-state index in [2.05, 4.69) is 228 Å². The molecule has 7 aromatic carbocycles. The number of hydrogen-bond acceptors (Lipinski definition) is 3. The molecule has 0 radical (unpaired) electrons. The summed E-state index contributed by atoms with van der Waals surface area (Å²) in [5.41, 5.74) is 17.6. The smallest absolute Gasteiger partial charge is 0.149 e. The first kappa shape index (κ1) is 45.4. The summed E-state index contributed by atoms with van der Waals surface area (Å²) >= 11 is 0. The molecule has 0 atom stereocenters. The Morgan fingerprint density at radius 3 is 1.79 bits per heavy atom. The molecule has 0 aliphatic heterocycles. The van der Waals surface area contributed by atoms with Gasteiger partial charge < -0.3 is 5.11 Å². The number of phenolic OH excluding ortho intramolecular Hbond substituents is 1. The highest BCUT2D eigenvalue weighted by molar-refractivity contribution is 6.02. The van der Waals surface area contributed by atoms with Gasteiger partial charge in [-0.25, -0.2) is 4.98 Å².